The zero-order chi connectivity index (χ0) is 21.9. The van der Waals surface area contributed by atoms with E-state index in [1.165, 1.54) is 36.4 Å². The van der Waals surface area contributed by atoms with E-state index in [0.717, 1.165) is 10.0 Å². The average Bonchev–Trinajstić information content (AvgIpc) is 2.69. The molecule has 0 spiro atoms. The van der Waals surface area contributed by atoms with Gasteiger partial charge in [-0.15, -0.1) is 0 Å². The van der Waals surface area contributed by atoms with Crippen LogP contribution in [0.1, 0.15) is 26.3 Å². The first-order chi connectivity index (χ1) is 14.2. The molecule has 0 aliphatic carbocycles. The van der Waals surface area contributed by atoms with Crippen LogP contribution in [-0.2, 0) is 10.0 Å². The van der Waals surface area contributed by atoms with Crippen LogP contribution in [0, 0.1) is 6.92 Å². The topological polar surface area (TPSA) is 113 Å². The summed E-state index contributed by atoms with van der Waals surface area (Å²) < 4.78 is 28.3. The minimum atomic E-state index is -3.83. The van der Waals surface area contributed by atoms with Crippen molar-refractivity contribution in [1.29, 1.82) is 0 Å². The van der Waals surface area contributed by atoms with E-state index in [9.17, 15) is 23.1 Å². The fourth-order valence-corrected chi connectivity index (χ4v) is 4.14. The second-order valence-corrected chi connectivity index (χ2v) is 9.05. The molecule has 154 valence electrons. The van der Waals surface area contributed by atoms with Gasteiger partial charge in [0.2, 0.25) is 0 Å². The molecule has 0 radical (unpaired) electrons. The average molecular weight is 489 g/mol. The summed E-state index contributed by atoms with van der Waals surface area (Å²) >= 11 is 3.28. The van der Waals surface area contributed by atoms with E-state index >= 15 is 0 Å². The van der Waals surface area contributed by atoms with Crippen LogP contribution in [0.15, 0.2) is 76.1 Å². The molecule has 7 nitrogen and oxygen atoms in total. The fraction of sp³-hybridized carbons (Fsp3) is 0.0476. The molecule has 3 N–H and O–H groups in total. The van der Waals surface area contributed by atoms with Gasteiger partial charge >= 0.3 is 5.97 Å². The van der Waals surface area contributed by atoms with E-state index in [-0.39, 0.29) is 21.7 Å². The fourth-order valence-electron chi connectivity index (χ4n) is 2.69. The van der Waals surface area contributed by atoms with Crippen LogP contribution >= 0.6 is 15.9 Å². The first-order valence-corrected chi connectivity index (χ1v) is 11.0. The second kappa shape index (κ2) is 8.68. The predicted molar refractivity (Wildman–Crippen MR) is 117 cm³/mol. The number of hydrogen-bond donors (Lipinski definition) is 3. The zero-order valence-corrected chi connectivity index (χ0v) is 18.1. The van der Waals surface area contributed by atoms with Crippen molar-refractivity contribution in [3.63, 3.8) is 0 Å². The number of aryl methyl sites for hydroxylation is 1. The van der Waals surface area contributed by atoms with Gasteiger partial charge in [0.15, 0.2) is 0 Å². The highest BCUT2D eigenvalue weighted by Gasteiger charge is 2.17. The van der Waals surface area contributed by atoms with Crippen molar-refractivity contribution >= 4 is 49.2 Å². The summed E-state index contributed by atoms with van der Waals surface area (Å²) in [4.78, 5) is 23.9. The first-order valence-electron chi connectivity index (χ1n) is 8.69. The molecular weight excluding hydrogens is 472 g/mol. The Hall–Kier alpha value is -3.17. The number of hydrogen-bond acceptors (Lipinski definition) is 4. The Kier molecular flexibility index (Phi) is 6.23. The van der Waals surface area contributed by atoms with Crippen molar-refractivity contribution in [2.45, 2.75) is 11.8 Å². The monoisotopic (exact) mass is 488 g/mol. The number of halogens is 1. The molecule has 0 atom stereocenters. The van der Waals surface area contributed by atoms with E-state index < -0.39 is 21.9 Å². The molecule has 3 rings (SSSR count). The molecule has 0 fully saturated rings. The highest BCUT2D eigenvalue weighted by atomic mass is 79.9. The Morgan fingerprint density at radius 3 is 2.30 bits per heavy atom. The van der Waals surface area contributed by atoms with E-state index in [1.54, 1.807) is 37.3 Å². The Balaban J connectivity index is 1.78. The van der Waals surface area contributed by atoms with Gasteiger partial charge in [0, 0.05) is 15.7 Å². The number of carbonyl (C=O) groups excluding carboxylic acids is 1. The molecule has 3 aromatic rings. The second-order valence-electron chi connectivity index (χ2n) is 6.45. The SMILES string of the molecule is Cc1ccc(NC(=O)c2ccc(S(=O)(=O)Nc3cccc(Br)c3)cc2)c(C(=O)O)c1. The zero-order valence-electron chi connectivity index (χ0n) is 15.7. The van der Waals surface area contributed by atoms with Crippen molar-refractivity contribution in [2.75, 3.05) is 10.0 Å². The summed E-state index contributed by atoms with van der Waals surface area (Å²) in [6.45, 7) is 1.75. The van der Waals surface area contributed by atoms with Gasteiger partial charge in [0.05, 0.1) is 16.1 Å². The Labute approximate surface area is 181 Å². The molecule has 30 heavy (non-hydrogen) atoms. The number of benzene rings is 3. The first kappa shape index (κ1) is 21.5. The molecule has 0 saturated carbocycles. The number of carboxylic acids is 1. The van der Waals surface area contributed by atoms with Crippen LogP contribution in [0.2, 0.25) is 0 Å². The Morgan fingerprint density at radius 1 is 0.967 bits per heavy atom. The standard InChI is InChI=1S/C21H17BrN2O5S/c1-13-5-10-19(18(11-13)21(26)27)23-20(25)14-6-8-17(9-7-14)30(28,29)24-16-4-2-3-15(22)12-16/h2-12,24H,1H3,(H,23,25)(H,26,27). The number of anilines is 2. The molecular formula is C21H17BrN2O5S. The minimum Gasteiger partial charge on any atom is -0.478 e. The summed E-state index contributed by atoms with van der Waals surface area (Å²) in [7, 11) is -3.83. The van der Waals surface area contributed by atoms with Gasteiger partial charge in [0.1, 0.15) is 0 Å². The summed E-state index contributed by atoms with van der Waals surface area (Å²) in [5, 5.41) is 11.9. The number of amides is 1. The lowest BCUT2D eigenvalue weighted by Gasteiger charge is -2.11. The maximum atomic E-state index is 12.5. The lowest BCUT2D eigenvalue weighted by atomic mass is 10.1. The van der Waals surface area contributed by atoms with Crippen molar-refractivity contribution < 1.29 is 23.1 Å². The number of carboxylic acid groups (broad SMARTS) is 1. The van der Waals surface area contributed by atoms with Crippen LogP contribution in [-0.4, -0.2) is 25.4 Å². The molecule has 0 aromatic heterocycles. The third-order valence-corrected chi connectivity index (χ3v) is 6.05. The highest BCUT2D eigenvalue weighted by molar-refractivity contribution is 9.10. The van der Waals surface area contributed by atoms with Gasteiger partial charge in [-0.3, -0.25) is 9.52 Å². The van der Waals surface area contributed by atoms with Crippen LogP contribution in [0.3, 0.4) is 0 Å². The molecule has 0 unspecified atom stereocenters. The number of rotatable bonds is 6. The van der Waals surface area contributed by atoms with Crippen LogP contribution in [0.4, 0.5) is 11.4 Å². The molecule has 9 heteroatoms. The van der Waals surface area contributed by atoms with E-state index in [1.807, 2.05) is 0 Å². The summed E-state index contributed by atoms with van der Waals surface area (Å²) in [5.41, 5.74) is 1.46. The maximum Gasteiger partial charge on any atom is 0.337 e. The number of carbonyl (C=O) groups is 2. The van der Waals surface area contributed by atoms with Crippen LogP contribution in [0.5, 0.6) is 0 Å². The Morgan fingerprint density at radius 2 is 1.67 bits per heavy atom. The van der Waals surface area contributed by atoms with Crippen molar-refractivity contribution in [3.05, 3.63) is 87.9 Å². The van der Waals surface area contributed by atoms with Gasteiger partial charge in [0.25, 0.3) is 15.9 Å². The van der Waals surface area contributed by atoms with E-state index in [4.69, 9.17) is 0 Å². The number of aromatic carboxylic acids is 1. The van der Waals surface area contributed by atoms with Gasteiger partial charge in [-0.25, -0.2) is 13.2 Å². The molecule has 0 heterocycles. The molecule has 3 aromatic carbocycles. The minimum absolute atomic E-state index is 0.0133. The maximum absolute atomic E-state index is 12.5. The number of sulfonamides is 1. The molecule has 0 saturated heterocycles. The van der Waals surface area contributed by atoms with E-state index in [0.29, 0.717) is 5.69 Å². The predicted octanol–water partition coefficient (Wildman–Crippen LogP) is 4.51. The van der Waals surface area contributed by atoms with Crippen LogP contribution in [0.25, 0.3) is 0 Å². The smallest absolute Gasteiger partial charge is 0.337 e. The third-order valence-electron chi connectivity index (χ3n) is 4.16. The molecule has 0 bridgehead atoms. The van der Waals surface area contributed by atoms with E-state index in [2.05, 4.69) is 26.0 Å². The largest absolute Gasteiger partial charge is 0.478 e. The quantitative estimate of drug-likeness (QED) is 0.472. The molecule has 0 aliphatic heterocycles. The highest BCUT2D eigenvalue weighted by Crippen LogP contribution is 2.21. The van der Waals surface area contributed by atoms with Gasteiger partial charge in [-0.2, -0.15) is 0 Å². The van der Waals surface area contributed by atoms with Crippen molar-refractivity contribution in [2.24, 2.45) is 0 Å². The third kappa shape index (κ3) is 5.05. The summed E-state index contributed by atoms with van der Waals surface area (Å²) in [6.07, 6.45) is 0. The van der Waals surface area contributed by atoms with Gasteiger partial charge in [-0.1, -0.05) is 33.6 Å². The van der Waals surface area contributed by atoms with Gasteiger partial charge in [-0.05, 0) is 61.5 Å². The van der Waals surface area contributed by atoms with Gasteiger partial charge < -0.3 is 10.4 Å². The van der Waals surface area contributed by atoms with Crippen molar-refractivity contribution in [3.8, 4) is 0 Å². The Bertz CT molecular complexity index is 1220. The molecule has 0 aliphatic rings. The van der Waals surface area contributed by atoms with Crippen molar-refractivity contribution in [1.82, 2.24) is 0 Å². The summed E-state index contributed by atoms with van der Waals surface area (Å²) in [6, 6.07) is 16.7. The lowest BCUT2D eigenvalue weighted by Crippen LogP contribution is -2.16. The van der Waals surface area contributed by atoms with Crippen LogP contribution < -0.4 is 10.0 Å². The normalized spacial score (nSPS) is 11.0. The molecule has 1 amide bonds. The number of nitrogens with one attached hydrogen (secondary N) is 2. The lowest BCUT2D eigenvalue weighted by molar-refractivity contribution is 0.0698. The summed E-state index contributed by atoms with van der Waals surface area (Å²) in [5.74, 6) is -1.71.